The van der Waals surface area contributed by atoms with Crippen molar-refractivity contribution >= 4 is 45.8 Å². The summed E-state index contributed by atoms with van der Waals surface area (Å²) >= 11 is 1.25. The van der Waals surface area contributed by atoms with E-state index >= 15 is 0 Å². The van der Waals surface area contributed by atoms with Crippen LogP contribution in [0.1, 0.15) is 31.1 Å². The van der Waals surface area contributed by atoms with Gasteiger partial charge in [-0.1, -0.05) is 37.7 Å². The zero-order valence-electron chi connectivity index (χ0n) is 18.0. The number of carbonyl (C=O) groups excluding carboxylic acids is 2. The molecule has 0 fully saturated rings. The van der Waals surface area contributed by atoms with Crippen LogP contribution in [0.4, 0.5) is 5.69 Å². The maximum Gasteiger partial charge on any atom is 0.262 e. The number of rotatable bonds is 7. The summed E-state index contributed by atoms with van der Waals surface area (Å²) in [5.41, 5.74) is 1.81. The minimum Gasteiger partial charge on any atom is -0.325 e. The molecule has 9 heteroatoms. The summed E-state index contributed by atoms with van der Waals surface area (Å²) in [4.78, 5) is 36.9. The normalized spacial score (nSPS) is 11.4. The third kappa shape index (κ3) is 4.29. The maximum absolute atomic E-state index is 13.0. The van der Waals surface area contributed by atoms with Crippen molar-refractivity contribution in [3.8, 4) is 0 Å². The van der Waals surface area contributed by atoms with Gasteiger partial charge in [0.2, 0.25) is 11.7 Å². The Balaban J connectivity index is 1.61. The first-order valence-electron chi connectivity index (χ1n) is 10.3. The topological polar surface area (TPSA) is 98.4 Å². The second-order valence-electron chi connectivity index (χ2n) is 7.92. The molecule has 164 valence electrons. The second kappa shape index (κ2) is 8.96. The van der Waals surface area contributed by atoms with Gasteiger partial charge in [0.1, 0.15) is 0 Å². The van der Waals surface area contributed by atoms with Crippen molar-refractivity contribution in [1.29, 1.82) is 0 Å². The van der Waals surface area contributed by atoms with Gasteiger partial charge in [-0.05, 0) is 49.2 Å². The Hall–Kier alpha value is -3.46. The first-order valence-corrected chi connectivity index (χ1v) is 11.2. The molecular weight excluding hydrogens is 426 g/mol. The molecule has 0 atom stereocenters. The Kier molecular flexibility index (Phi) is 6.09. The van der Waals surface area contributed by atoms with E-state index in [1.165, 1.54) is 18.7 Å². The summed E-state index contributed by atoms with van der Waals surface area (Å²) in [6.07, 6.45) is 0. The number of amides is 1. The standard InChI is InChI=1S/C23H23N5O3S/c1-14(2)12-27-21(31)18-6-4-5-7-19(18)28-22(27)25-26-23(28)32-13-20(30)24-17-10-8-16(9-11-17)15(3)29/h4-11,14H,12-13H2,1-3H3,(H,24,30). The summed E-state index contributed by atoms with van der Waals surface area (Å²) in [6, 6.07) is 14.1. The summed E-state index contributed by atoms with van der Waals surface area (Å²) in [5, 5.41) is 12.5. The van der Waals surface area contributed by atoms with Crippen LogP contribution in [0.3, 0.4) is 0 Å². The van der Waals surface area contributed by atoms with Crippen molar-refractivity contribution in [2.24, 2.45) is 5.92 Å². The first kappa shape index (κ1) is 21.8. The molecular formula is C23H23N5O3S. The van der Waals surface area contributed by atoms with Crippen molar-refractivity contribution in [1.82, 2.24) is 19.2 Å². The highest BCUT2D eigenvalue weighted by Crippen LogP contribution is 2.22. The summed E-state index contributed by atoms with van der Waals surface area (Å²) in [7, 11) is 0. The number of fused-ring (bicyclic) bond motifs is 3. The van der Waals surface area contributed by atoms with Gasteiger partial charge in [-0.15, -0.1) is 10.2 Å². The number of anilines is 1. The molecule has 1 N–H and O–H groups in total. The molecule has 32 heavy (non-hydrogen) atoms. The summed E-state index contributed by atoms with van der Waals surface area (Å²) in [6.45, 7) is 6.10. The van der Waals surface area contributed by atoms with Crippen LogP contribution in [0.15, 0.2) is 58.5 Å². The van der Waals surface area contributed by atoms with E-state index in [2.05, 4.69) is 15.5 Å². The van der Waals surface area contributed by atoms with E-state index in [-0.39, 0.29) is 28.9 Å². The molecule has 2 heterocycles. The lowest BCUT2D eigenvalue weighted by atomic mass is 10.1. The first-order chi connectivity index (χ1) is 15.3. The molecule has 8 nitrogen and oxygen atoms in total. The van der Waals surface area contributed by atoms with Crippen molar-refractivity contribution in [3.63, 3.8) is 0 Å². The zero-order valence-corrected chi connectivity index (χ0v) is 18.8. The number of para-hydroxylation sites is 1. The molecule has 1 amide bonds. The highest BCUT2D eigenvalue weighted by molar-refractivity contribution is 7.99. The fraction of sp³-hybridized carbons (Fsp3) is 0.261. The Morgan fingerprint density at radius 1 is 1.06 bits per heavy atom. The molecule has 0 unspecified atom stereocenters. The Labute approximate surface area is 188 Å². The average molecular weight is 450 g/mol. The lowest BCUT2D eigenvalue weighted by Gasteiger charge is -2.12. The second-order valence-corrected chi connectivity index (χ2v) is 8.86. The number of thioether (sulfide) groups is 1. The smallest absolute Gasteiger partial charge is 0.262 e. The summed E-state index contributed by atoms with van der Waals surface area (Å²) < 4.78 is 3.47. The monoisotopic (exact) mass is 449 g/mol. The van der Waals surface area contributed by atoms with Crippen LogP contribution in [-0.2, 0) is 11.3 Å². The minimum atomic E-state index is -0.206. The molecule has 4 aromatic rings. The van der Waals surface area contributed by atoms with E-state index in [0.29, 0.717) is 39.6 Å². The third-order valence-corrected chi connectivity index (χ3v) is 5.86. The van der Waals surface area contributed by atoms with Crippen LogP contribution in [0.2, 0.25) is 0 Å². The van der Waals surface area contributed by atoms with Crippen LogP contribution in [0.25, 0.3) is 16.7 Å². The van der Waals surface area contributed by atoms with Crippen LogP contribution < -0.4 is 10.9 Å². The van der Waals surface area contributed by atoms with Gasteiger partial charge in [0.05, 0.1) is 16.7 Å². The zero-order chi connectivity index (χ0) is 22.8. The number of Topliss-reactive ketones (excluding diaryl/α,β-unsaturated/α-hetero) is 1. The number of nitrogens with one attached hydrogen (secondary N) is 1. The molecule has 0 saturated carbocycles. The van der Waals surface area contributed by atoms with Gasteiger partial charge in [0.15, 0.2) is 10.9 Å². The molecule has 4 rings (SSSR count). The van der Waals surface area contributed by atoms with Gasteiger partial charge in [0.25, 0.3) is 5.56 Å². The van der Waals surface area contributed by atoms with Crippen molar-refractivity contribution < 1.29 is 9.59 Å². The molecule has 2 aromatic carbocycles. The van der Waals surface area contributed by atoms with Crippen LogP contribution >= 0.6 is 11.8 Å². The van der Waals surface area contributed by atoms with Crippen LogP contribution in [0.5, 0.6) is 0 Å². The molecule has 0 aliphatic carbocycles. The Bertz CT molecular complexity index is 1370. The van der Waals surface area contributed by atoms with Gasteiger partial charge in [-0.25, -0.2) is 0 Å². The molecule has 0 aliphatic heterocycles. The van der Waals surface area contributed by atoms with Crippen molar-refractivity contribution in [2.75, 3.05) is 11.1 Å². The third-order valence-electron chi connectivity index (χ3n) is 4.93. The van der Waals surface area contributed by atoms with E-state index in [4.69, 9.17) is 0 Å². The Morgan fingerprint density at radius 2 is 1.78 bits per heavy atom. The molecule has 2 aromatic heterocycles. The number of ketones is 1. The lowest BCUT2D eigenvalue weighted by molar-refractivity contribution is -0.113. The van der Waals surface area contributed by atoms with Crippen molar-refractivity contribution in [2.45, 2.75) is 32.5 Å². The number of carbonyl (C=O) groups is 2. The molecule has 0 saturated heterocycles. The largest absolute Gasteiger partial charge is 0.325 e. The maximum atomic E-state index is 13.0. The number of aromatic nitrogens is 4. The fourth-order valence-electron chi connectivity index (χ4n) is 3.47. The highest BCUT2D eigenvalue weighted by Gasteiger charge is 2.18. The van der Waals surface area contributed by atoms with Gasteiger partial charge >= 0.3 is 0 Å². The van der Waals surface area contributed by atoms with E-state index in [9.17, 15) is 14.4 Å². The van der Waals surface area contributed by atoms with E-state index in [0.717, 1.165) is 0 Å². The quantitative estimate of drug-likeness (QED) is 0.342. The number of benzene rings is 2. The van der Waals surface area contributed by atoms with E-state index < -0.39 is 0 Å². The number of hydrogen-bond donors (Lipinski definition) is 1. The van der Waals surface area contributed by atoms with Crippen LogP contribution in [-0.4, -0.2) is 36.6 Å². The van der Waals surface area contributed by atoms with Gasteiger partial charge in [-0.3, -0.25) is 23.4 Å². The average Bonchev–Trinajstić information content (AvgIpc) is 3.19. The minimum absolute atomic E-state index is 0.0275. The van der Waals surface area contributed by atoms with Gasteiger partial charge in [0, 0.05) is 17.8 Å². The molecule has 0 spiro atoms. The van der Waals surface area contributed by atoms with E-state index in [1.807, 2.05) is 36.4 Å². The van der Waals surface area contributed by atoms with Gasteiger partial charge < -0.3 is 5.32 Å². The highest BCUT2D eigenvalue weighted by atomic mass is 32.2. The fourth-order valence-corrected chi connectivity index (χ4v) is 4.21. The van der Waals surface area contributed by atoms with Crippen molar-refractivity contribution in [3.05, 3.63) is 64.4 Å². The number of nitrogens with zero attached hydrogens (tertiary/aromatic N) is 4. The lowest BCUT2D eigenvalue weighted by Crippen LogP contribution is -2.25. The molecule has 0 bridgehead atoms. The SMILES string of the molecule is CC(=O)c1ccc(NC(=O)CSc2nnc3n(CC(C)C)c(=O)c4ccccc4n23)cc1. The predicted molar refractivity (Wildman–Crippen MR) is 125 cm³/mol. The molecule has 0 radical (unpaired) electrons. The molecule has 0 aliphatic rings. The summed E-state index contributed by atoms with van der Waals surface area (Å²) in [5.74, 6) is 0.602. The van der Waals surface area contributed by atoms with E-state index in [1.54, 1.807) is 34.9 Å². The van der Waals surface area contributed by atoms with Gasteiger partial charge in [-0.2, -0.15) is 0 Å². The Morgan fingerprint density at radius 3 is 2.47 bits per heavy atom. The van der Waals surface area contributed by atoms with Crippen LogP contribution in [0, 0.1) is 5.92 Å². The predicted octanol–water partition coefficient (Wildman–Crippen LogP) is 3.63. The number of hydrogen-bond acceptors (Lipinski definition) is 6.